The van der Waals surface area contributed by atoms with E-state index in [1.165, 1.54) is 0 Å². The number of nitrogens with zero attached hydrogens (tertiary/aromatic N) is 1. The number of amides is 2. The molecule has 2 heterocycles. The second kappa shape index (κ2) is 8.56. The minimum absolute atomic E-state index is 0.00208. The largest absolute Gasteiger partial charge is 0.464 e. The molecule has 0 aliphatic carbocycles. The van der Waals surface area contributed by atoms with Crippen LogP contribution < -0.4 is 5.32 Å². The molecule has 136 valence electrons. The molecule has 2 N–H and O–H groups in total. The van der Waals surface area contributed by atoms with Gasteiger partial charge in [0.25, 0.3) is 0 Å². The first kappa shape index (κ1) is 18.8. The SMILES string of the molecule is Cc1ccc(C2CCCCCN2C(=O)NCCCC(C)(C)CO)o1. The molecule has 1 aliphatic rings. The molecule has 0 aromatic carbocycles. The maximum atomic E-state index is 12.7. The Labute approximate surface area is 145 Å². The summed E-state index contributed by atoms with van der Waals surface area (Å²) >= 11 is 0. The van der Waals surface area contributed by atoms with Gasteiger partial charge < -0.3 is 19.7 Å². The van der Waals surface area contributed by atoms with Crippen molar-refractivity contribution in [3.05, 3.63) is 23.7 Å². The van der Waals surface area contributed by atoms with Crippen molar-refractivity contribution in [2.75, 3.05) is 19.7 Å². The molecule has 1 aromatic heterocycles. The summed E-state index contributed by atoms with van der Waals surface area (Å²) in [4.78, 5) is 14.6. The van der Waals surface area contributed by atoms with Crippen molar-refractivity contribution in [2.45, 2.75) is 65.3 Å². The fraction of sp³-hybridized carbons (Fsp3) is 0.737. The second-order valence-electron chi connectivity index (χ2n) is 7.66. The topological polar surface area (TPSA) is 65.7 Å². The number of aliphatic hydroxyl groups excluding tert-OH is 1. The Hall–Kier alpha value is -1.49. The molecule has 1 unspecified atom stereocenters. The third-order valence-corrected chi connectivity index (χ3v) is 4.84. The van der Waals surface area contributed by atoms with Crippen molar-refractivity contribution >= 4 is 6.03 Å². The van der Waals surface area contributed by atoms with Gasteiger partial charge in [-0.2, -0.15) is 0 Å². The fourth-order valence-corrected chi connectivity index (χ4v) is 3.22. The van der Waals surface area contributed by atoms with Gasteiger partial charge in [-0.1, -0.05) is 26.7 Å². The Morgan fingerprint density at radius 3 is 2.83 bits per heavy atom. The zero-order valence-corrected chi connectivity index (χ0v) is 15.3. The van der Waals surface area contributed by atoms with Gasteiger partial charge in [-0.05, 0) is 50.2 Å². The molecule has 5 nitrogen and oxygen atoms in total. The van der Waals surface area contributed by atoms with Gasteiger partial charge in [0, 0.05) is 19.7 Å². The average molecular weight is 336 g/mol. The molecular formula is C19H32N2O3. The summed E-state index contributed by atoms with van der Waals surface area (Å²) in [6.07, 6.45) is 6.05. The highest BCUT2D eigenvalue weighted by atomic mass is 16.3. The van der Waals surface area contributed by atoms with Gasteiger partial charge in [0.1, 0.15) is 11.5 Å². The van der Waals surface area contributed by atoms with E-state index >= 15 is 0 Å². The lowest BCUT2D eigenvalue weighted by atomic mass is 9.89. The summed E-state index contributed by atoms with van der Waals surface area (Å²) < 4.78 is 5.79. The summed E-state index contributed by atoms with van der Waals surface area (Å²) in [6, 6.07) is 4.00. The molecule has 1 aromatic rings. The van der Waals surface area contributed by atoms with Gasteiger partial charge in [0.15, 0.2) is 0 Å². The van der Waals surface area contributed by atoms with Crippen LogP contribution in [0.5, 0.6) is 0 Å². The number of carbonyl (C=O) groups excluding carboxylic acids is 1. The van der Waals surface area contributed by atoms with Crippen molar-refractivity contribution in [1.82, 2.24) is 10.2 Å². The van der Waals surface area contributed by atoms with Crippen LogP contribution in [0.15, 0.2) is 16.5 Å². The van der Waals surface area contributed by atoms with Crippen LogP contribution in [-0.4, -0.2) is 35.7 Å². The average Bonchev–Trinajstić information content (AvgIpc) is 2.84. The second-order valence-corrected chi connectivity index (χ2v) is 7.66. The highest BCUT2D eigenvalue weighted by Crippen LogP contribution is 2.31. The molecule has 1 fully saturated rings. The highest BCUT2D eigenvalue weighted by Gasteiger charge is 2.28. The molecule has 0 spiro atoms. The van der Waals surface area contributed by atoms with Crippen molar-refractivity contribution in [2.24, 2.45) is 5.41 Å². The number of likely N-dealkylation sites (tertiary alicyclic amines) is 1. The lowest BCUT2D eigenvalue weighted by molar-refractivity contribution is 0.146. The summed E-state index contributed by atoms with van der Waals surface area (Å²) in [5.41, 5.74) is -0.0818. The first-order valence-electron chi connectivity index (χ1n) is 9.14. The smallest absolute Gasteiger partial charge is 0.318 e. The number of aliphatic hydroxyl groups is 1. The van der Waals surface area contributed by atoms with Crippen molar-refractivity contribution in [3.8, 4) is 0 Å². The number of carbonyl (C=O) groups is 1. The van der Waals surface area contributed by atoms with Crippen LogP contribution in [0.4, 0.5) is 4.79 Å². The summed E-state index contributed by atoms with van der Waals surface area (Å²) in [5, 5.41) is 12.3. The monoisotopic (exact) mass is 336 g/mol. The molecule has 2 amide bonds. The minimum atomic E-state index is -0.0818. The van der Waals surface area contributed by atoms with E-state index in [2.05, 4.69) is 5.32 Å². The van der Waals surface area contributed by atoms with E-state index in [4.69, 9.17) is 4.42 Å². The number of rotatable bonds is 6. The molecule has 0 saturated carbocycles. The Kier molecular flexibility index (Phi) is 6.72. The van der Waals surface area contributed by atoms with Crippen LogP contribution in [0, 0.1) is 12.3 Å². The van der Waals surface area contributed by atoms with Crippen molar-refractivity contribution in [3.63, 3.8) is 0 Å². The predicted octanol–water partition coefficient (Wildman–Crippen LogP) is 4.01. The first-order valence-corrected chi connectivity index (χ1v) is 9.14. The van der Waals surface area contributed by atoms with Gasteiger partial charge >= 0.3 is 6.03 Å². The lowest BCUT2D eigenvalue weighted by Gasteiger charge is -2.29. The number of urea groups is 1. The minimum Gasteiger partial charge on any atom is -0.464 e. The quantitative estimate of drug-likeness (QED) is 0.771. The van der Waals surface area contributed by atoms with E-state index in [1.54, 1.807) is 0 Å². The zero-order valence-electron chi connectivity index (χ0n) is 15.3. The molecule has 2 rings (SSSR count). The molecule has 0 bridgehead atoms. The van der Waals surface area contributed by atoms with Crippen LogP contribution in [0.3, 0.4) is 0 Å². The van der Waals surface area contributed by atoms with Gasteiger partial charge in [-0.25, -0.2) is 4.79 Å². The van der Waals surface area contributed by atoms with E-state index in [-0.39, 0.29) is 24.1 Å². The van der Waals surface area contributed by atoms with Gasteiger partial charge in [-0.15, -0.1) is 0 Å². The molecule has 5 heteroatoms. The summed E-state index contributed by atoms with van der Waals surface area (Å²) in [6.45, 7) is 7.61. The van der Waals surface area contributed by atoms with Crippen molar-refractivity contribution < 1.29 is 14.3 Å². The van der Waals surface area contributed by atoms with E-state index < -0.39 is 0 Å². The third kappa shape index (κ3) is 5.26. The summed E-state index contributed by atoms with van der Waals surface area (Å²) in [5.74, 6) is 1.78. The number of hydrogen-bond acceptors (Lipinski definition) is 3. The molecule has 1 atom stereocenters. The van der Waals surface area contributed by atoms with E-state index in [9.17, 15) is 9.90 Å². The lowest BCUT2D eigenvalue weighted by Crippen LogP contribution is -2.42. The normalized spacial score (nSPS) is 19.2. The Balaban J connectivity index is 1.92. The van der Waals surface area contributed by atoms with E-state index in [1.807, 2.05) is 37.8 Å². The molecular weight excluding hydrogens is 304 g/mol. The predicted molar refractivity (Wildman–Crippen MR) is 94.9 cm³/mol. The third-order valence-electron chi connectivity index (χ3n) is 4.84. The van der Waals surface area contributed by atoms with Crippen LogP contribution in [-0.2, 0) is 0 Å². The molecule has 24 heavy (non-hydrogen) atoms. The fourth-order valence-electron chi connectivity index (χ4n) is 3.22. The number of nitrogens with one attached hydrogen (secondary N) is 1. The first-order chi connectivity index (χ1) is 11.4. The molecule has 0 radical (unpaired) electrons. The molecule has 1 aliphatic heterocycles. The van der Waals surface area contributed by atoms with Crippen molar-refractivity contribution in [1.29, 1.82) is 0 Å². The van der Waals surface area contributed by atoms with E-state index in [0.717, 1.165) is 56.6 Å². The standard InChI is InChI=1S/C19H32N2O3/c1-15-9-10-17(24-15)16-8-5-4-6-13-21(16)18(23)20-12-7-11-19(2,3)14-22/h9-10,16,22H,4-8,11-14H2,1-3H3,(H,20,23). The Bertz CT molecular complexity index is 524. The van der Waals surface area contributed by atoms with Crippen LogP contribution in [0.1, 0.15) is 69.9 Å². The van der Waals surface area contributed by atoms with Gasteiger partial charge in [0.05, 0.1) is 6.04 Å². The summed E-state index contributed by atoms with van der Waals surface area (Å²) in [7, 11) is 0. The van der Waals surface area contributed by atoms with Crippen LogP contribution in [0.25, 0.3) is 0 Å². The van der Waals surface area contributed by atoms with Crippen LogP contribution in [0.2, 0.25) is 0 Å². The number of furan rings is 1. The number of hydrogen-bond donors (Lipinski definition) is 2. The van der Waals surface area contributed by atoms with E-state index in [0.29, 0.717) is 6.54 Å². The Morgan fingerprint density at radius 2 is 2.17 bits per heavy atom. The Morgan fingerprint density at radius 1 is 1.38 bits per heavy atom. The number of aryl methyl sites for hydroxylation is 1. The maximum Gasteiger partial charge on any atom is 0.318 e. The maximum absolute atomic E-state index is 12.7. The van der Waals surface area contributed by atoms with Gasteiger partial charge in [-0.3, -0.25) is 0 Å². The molecule has 1 saturated heterocycles. The highest BCUT2D eigenvalue weighted by molar-refractivity contribution is 5.74. The van der Waals surface area contributed by atoms with Crippen LogP contribution >= 0.6 is 0 Å². The zero-order chi connectivity index (χ0) is 17.6. The van der Waals surface area contributed by atoms with Gasteiger partial charge in [0.2, 0.25) is 0 Å².